The molecule has 0 N–H and O–H groups in total. The normalized spacial score (nSPS) is 9.18. The zero-order valence-corrected chi connectivity index (χ0v) is 6.54. The van der Waals surface area contributed by atoms with E-state index in [4.69, 9.17) is 11.6 Å². The van der Waals surface area contributed by atoms with Crippen molar-refractivity contribution in [3.8, 4) is 0 Å². The summed E-state index contributed by atoms with van der Waals surface area (Å²) in [6.07, 6.45) is 0. The fourth-order valence-electron chi connectivity index (χ4n) is 0.757. The fourth-order valence-corrected chi connectivity index (χ4v) is 0.970. The van der Waals surface area contributed by atoms with E-state index in [1.807, 2.05) is 12.1 Å². The number of hydrogen-bond donors (Lipinski definition) is 0. The Kier molecular flexibility index (Phi) is 2.93. The Morgan fingerprint density at radius 3 is 3.00 bits per heavy atom. The fraction of sp³-hybridized carbons (Fsp3) is 0.125. The maximum absolute atomic E-state index is 9.81. The molecule has 0 aliphatic carbocycles. The van der Waals surface area contributed by atoms with Crippen molar-refractivity contribution in [2.24, 2.45) is 0 Å². The Labute approximate surface area is 69.7 Å². The molecular weight excluding hydrogens is 164 g/mol. The number of hydrogen-bond acceptors (Lipinski definition) is 2. The van der Waals surface area contributed by atoms with Crippen LogP contribution in [0.15, 0.2) is 24.3 Å². The molecule has 0 amide bonds. The molecule has 1 aromatic rings. The predicted molar refractivity (Wildman–Crippen MR) is 42.3 cm³/mol. The number of ether oxygens (including phenoxy) is 1. The van der Waals surface area contributed by atoms with Crippen LogP contribution in [0.2, 0.25) is 5.02 Å². The quantitative estimate of drug-likeness (QED) is 0.649. The predicted octanol–water partition coefficient (Wildman–Crippen LogP) is 2.01. The van der Waals surface area contributed by atoms with Gasteiger partial charge in [0.15, 0.2) is 0 Å². The molecule has 0 bridgehead atoms. The van der Waals surface area contributed by atoms with Crippen LogP contribution in [0.5, 0.6) is 0 Å². The first-order valence-corrected chi connectivity index (χ1v) is 3.50. The van der Waals surface area contributed by atoms with Crippen molar-refractivity contribution in [3.05, 3.63) is 34.9 Å². The van der Waals surface area contributed by atoms with E-state index in [9.17, 15) is 4.79 Å². The average Bonchev–Trinajstić information content (AvgIpc) is 2.01. The summed E-state index contributed by atoms with van der Waals surface area (Å²) in [7, 11) is 0. The molecular formula is C8H7ClO2. The Morgan fingerprint density at radius 1 is 1.55 bits per heavy atom. The highest BCUT2D eigenvalue weighted by Gasteiger charge is 1.92. The molecule has 0 radical (unpaired) electrons. The number of halogens is 1. The standard InChI is InChI=1S/C8H7ClO2/c9-8-3-1-2-7(4-8)5-11-6-10/h1-4,6H,5H2. The van der Waals surface area contributed by atoms with Gasteiger partial charge in [0.25, 0.3) is 6.47 Å². The molecule has 0 spiro atoms. The summed E-state index contributed by atoms with van der Waals surface area (Å²) in [5.74, 6) is 0. The van der Waals surface area contributed by atoms with Gasteiger partial charge in [0.05, 0.1) is 0 Å². The highest BCUT2D eigenvalue weighted by Crippen LogP contribution is 2.10. The monoisotopic (exact) mass is 170 g/mol. The van der Waals surface area contributed by atoms with Crippen molar-refractivity contribution in [1.29, 1.82) is 0 Å². The van der Waals surface area contributed by atoms with Crippen LogP contribution in [0.25, 0.3) is 0 Å². The van der Waals surface area contributed by atoms with E-state index in [1.165, 1.54) is 0 Å². The minimum atomic E-state index is 0.282. The van der Waals surface area contributed by atoms with Crippen molar-refractivity contribution in [3.63, 3.8) is 0 Å². The maximum Gasteiger partial charge on any atom is 0.293 e. The van der Waals surface area contributed by atoms with Crippen molar-refractivity contribution in [1.82, 2.24) is 0 Å². The Bertz CT molecular complexity index is 248. The van der Waals surface area contributed by atoms with Gasteiger partial charge >= 0.3 is 0 Å². The van der Waals surface area contributed by atoms with Crippen molar-refractivity contribution in [2.45, 2.75) is 6.61 Å². The average molecular weight is 171 g/mol. The third-order valence-electron chi connectivity index (χ3n) is 1.21. The Balaban J connectivity index is 2.63. The number of carbonyl (C=O) groups excluding carboxylic acids is 1. The zero-order chi connectivity index (χ0) is 8.10. The lowest BCUT2D eigenvalue weighted by Crippen LogP contribution is -1.88. The molecule has 58 valence electrons. The van der Waals surface area contributed by atoms with Gasteiger partial charge in [-0.2, -0.15) is 0 Å². The van der Waals surface area contributed by atoms with E-state index in [0.717, 1.165) is 5.56 Å². The number of rotatable bonds is 3. The van der Waals surface area contributed by atoms with Gasteiger partial charge < -0.3 is 4.74 Å². The van der Waals surface area contributed by atoms with Crippen LogP contribution in [-0.4, -0.2) is 6.47 Å². The molecule has 0 aliphatic rings. The Morgan fingerprint density at radius 2 is 2.36 bits per heavy atom. The van der Waals surface area contributed by atoms with Gasteiger partial charge in [0, 0.05) is 5.02 Å². The summed E-state index contributed by atoms with van der Waals surface area (Å²) >= 11 is 5.68. The smallest absolute Gasteiger partial charge is 0.293 e. The first-order valence-electron chi connectivity index (χ1n) is 3.12. The first-order chi connectivity index (χ1) is 5.33. The van der Waals surface area contributed by atoms with Crippen LogP contribution in [0.4, 0.5) is 0 Å². The minimum Gasteiger partial charge on any atom is -0.463 e. The summed E-state index contributed by atoms with van der Waals surface area (Å²) in [6, 6.07) is 7.18. The van der Waals surface area contributed by atoms with E-state index >= 15 is 0 Å². The molecule has 0 aromatic heterocycles. The molecule has 0 saturated carbocycles. The molecule has 2 nitrogen and oxygen atoms in total. The maximum atomic E-state index is 9.81. The summed E-state index contributed by atoms with van der Waals surface area (Å²) in [4.78, 5) is 9.81. The van der Waals surface area contributed by atoms with Gasteiger partial charge in [-0.15, -0.1) is 0 Å². The molecule has 11 heavy (non-hydrogen) atoms. The van der Waals surface area contributed by atoms with E-state index in [2.05, 4.69) is 4.74 Å². The van der Waals surface area contributed by atoms with Gasteiger partial charge in [0.1, 0.15) is 6.61 Å². The summed E-state index contributed by atoms with van der Waals surface area (Å²) in [5.41, 5.74) is 0.893. The Hall–Kier alpha value is -1.02. The molecule has 1 aromatic carbocycles. The lowest BCUT2D eigenvalue weighted by atomic mass is 10.2. The number of benzene rings is 1. The van der Waals surface area contributed by atoms with Crippen LogP contribution in [0, 0.1) is 0 Å². The molecule has 0 unspecified atom stereocenters. The van der Waals surface area contributed by atoms with Gasteiger partial charge in [-0.3, -0.25) is 4.79 Å². The van der Waals surface area contributed by atoms with Gasteiger partial charge in [-0.1, -0.05) is 23.7 Å². The van der Waals surface area contributed by atoms with Gasteiger partial charge in [0.2, 0.25) is 0 Å². The van der Waals surface area contributed by atoms with E-state index in [0.29, 0.717) is 11.5 Å². The van der Waals surface area contributed by atoms with E-state index in [1.54, 1.807) is 12.1 Å². The van der Waals surface area contributed by atoms with Crippen LogP contribution < -0.4 is 0 Å². The second kappa shape index (κ2) is 3.98. The number of carbonyl (C=O) groups is 1. The second-order valence-corrected chi connectivity index (χ2v) is 2.47. The molecule has 1 rings (SSSR count). The lowest BCUT2D eigenvalue weighted by molar-refractivity contribution is -0.129. The largest absolute Gasteiger partial charge is 0.463 e. The second-order valence-electron chi connectivity index (χ2n) is 2.04. The van der Waals surface area contributed by atoms with Gasteiger partial charge in [-0.25, -0.2) is 0 Å². The molecule has 0 atom stereocenters. The minimum absolute atomic E-state index is 0.282. The van der Waals surface area contributed by atoms with Crippen molar-refractivity contribution in [2.75, 3.05) is 0 Å². The SMILES string of the molecule is O=COCc1cccc(Cl)c1. The van der Waals surface area contributed by atoms with E-state index in [-0.39, 0.29) is 6.61 Å². The van der Waals surface area contributed by atoms with Crippen LogP contribution in [0.1, 0.15) is 5.56 Å². The molecule has 0 heterocycles. The van der Waals surface area contributed by atoms with Crippen LogP contribution in [-0.2, 0) is 16.1 Å². The summed E-state index contributed by atoms with van der Waals surface area (Å²) in [5, 5.41) is 0.650. The summed E-state index contributed by atoms with van der Waals surface area (Å²) in [6.45, 7) is 0.699. The van der Waals surface area contributed by atoms with Crippen molar-refractivity contribution < 1.29 is 9.53 Å². The molecule has 0 fully saturated rings. The van der Waals surface area contributed by atoms with Crippen LogP contribution >= 0.6 is 11.6 Å². The van der Waals surface area contributed by atoms with Crippen molar-refractivity contribution >= 4 is 18.1 Å². The third kappa shape index (κ3) is 2.60. The molecule has 0 saturated heterocycles. The topological polar surface area (TPSA) is 26.3 Å². The molecule has 0 aliphatic heterocycles. The molecule has 3 heteroatoms. The highest BCUT2D eigenvalue weighted by molar-refractivity contribution is 6.30. The van der Waals surface area contributed by atoms with Crippen LogP contribution in [0.3, 0.4) is 0 Å². The highest BCUT2D eigenvalue weighted by atomic mass is 35.5. The zero-order valence-electron chi connectivity index (χ0n) is 5.79. The lowest BCUT2D eigenvalue weighted by Gasteiger charge is -1.98. The third-order valence-corrected chi connectivity index (χ3v) is 1.44. The van der Waals surface area contributed by atoms with Gasteiger partial charge in [-0.05, 0) is 17.7 Å². The summed E-state index contributed by atoms with van der Waals surface area (Å²) < 4.78 is 4.54. The first kappa shape index (κ1) is 8.08. The van der Waals surface area contributed by atoms with E-state index < -0.39 is 0 Å².